The van der Waals surface area contributed by atoms with Crippen LogP contribution >= 0.6 is 0 Å². The maximum absolute atomic E-state index is 12.0. The average molecular weight is 230 g/mol. The Morgan fingerprint density at radius 2 is 1.33 bits per heavy atom. The average Bonchev–Trinajstić information content (AvgIpc) is 2.01. The Balaban J connectivity index is 0.00000196. The van der Waals surface area contributed by atoms with E-state index in [2.05, 4.69) is 0 Å². The molecule has 0 saturated carbocycles. The van der Waals surface area contributed by atoms with Crippen LogP contribution in [0.5, 0.6) is 0 Å². The van der Waals surface area contributed by atoms with E-state index in [1.54, 1.807) is 0 Å². The second-order valence-electron chi connectivity index (χ2n) is 2.85. The molecule has 15 heavy (non-hydrogen) atoms. The maximum Gasteiger partial charge on any atom is 1.00 e. The van der Waals surface area contributed by atoms with E-state index in [0.717, 1.165) is 12.1 Å². The monoisotopic (exact) mass is 230 g/mol. The van der Waals surface area contributed by atoms with Crippen molar-refractivity contribution in [3.8, 4) is 0 Å². The maximum atomic E-state index is 12.0. The SMILES string of the molecule is O[B-](O)(O)c1ccc(C(F)(F)F)cc1.[Na+]. The molecule has 0 fully saturated rings. The zero-order valence-electron chi connectivity index (χ0n) is 7.86. The molecule has 0 spiro atoms. The van der Waals surface area contributed by atoms with Gasteiger partial charge in [-0.25, -0.2) is 0 Å². The molecule has 1 rings (SSSR count). The van der Waals surface area contributed by atoms with Crippen molar-refractivity contribution < 1.29 is 57.8 Å². The minimum Gasteiger partial charge on any atom is -0.556 e. The van der Waals surface area contributed by atoms with Crippen LogP contribution in [0, 0.1) is 0 Å². The Morgan fingerprint density at radius 3 is 1.60 bits per heavy atom. The van der Waals surface area contributed by atoms with Crippen LogP contribution in [0.2, 0.25) is 0 Å². The zero-order chi connectivity index (χ0) is 11.0. The second kappa shape index (κ2) is 4.86. The summed E-state index contributed by atoms with van der Waals surface area (Å²) in [6.07, 6.45) is -4.48. The molecule has 8 heteroatoms. The molecule has 0 saturated heterocycles. The third-order valence-electron chi connectivity index (χ3n) is 1.69. The summed E-state index contributed by atoms with van der Waals surface area (Å²) in [6, 6.07) is 2.94. The fourth-order valence-corrected chi connectivity index (χ4v) is 0.930. The van der Waals surface area contributed by atoms with Gasteiger partial charge in [0.05, 0.1) is 5.56 Å². The standard InChI is InChI=1S/C7H7BF3O3.Na/c9-7(10,11)5-1-3-6(4-2-5)8(12,13)14;/h1-4,12-14H;/q-1;+1. The van der Waals surface area contributed by atoms with Crippen LogP contribution in [0.25, 0.3) is 0 Å². The summed E-state index contributed by atoms with van der Waals surface area (Å²) in [7, 11) is 0. The summed E-state index contributed by atoms with van der Waals surface area (Å²) in [6.45, 7) is -3.73. The first-order chi connectivity index (χ1) is 6.21. The molecule has 0 aliphatic rings. The summed E-state index contributed by atoms with van der Waals surface area (Å²) in [4.78, 5) is 0. The van der Waals surface area contributed by atoms with Crippen LogP contribution in [-0.4, -0.2) is 21.8 Å². The molecule has 0 amide bonds. The third-order valence-corrected chi connectivity index (χ3v) is 1.69. The fraction of sp³-hybridized carbons (Fsp3) is 0.143. The minimum absolute atomic E-state index is 0. The van der Waals surface area contributed by atoms with E-state index in [0.29, 0.717) is 12.1 Å². The van der Waals surface area contributed by atoms with Gasteiger partial charge in [-0.15, -0.1) is 5.46 Å². The molecule has 0 aliphatic carbocycles. The van der Waals surface area contributed by atoms with Gasteiger partial charge in [-0.2, -0.15) is 13.2 Å². The summed E-state index contributed by atoms with van der Waals surface area (Å²) < 4.78 is 36.1. The van der Waals surface area contributed by atoms with E-state index < -0.39 is 18.5 Å². The molecule has 78 valence electrons. The number of benzene rings is 1. The van der Waals surface area contributed by atoms with E-state index in [4.69, 9.17) is 15.1 Å². The van der Waals surface area contributed by atoms with Gasteiger partial charge in [0, 0.05) is 0 Å². The van der Waals surface area contributed by atoms with Crippen LogP contribution in [-0.2, 0) is 6.18 Å². The third kappa shape index (κ3) is 4.14. The van der Waals surface area contributed by atoms with Gasteiger partial charge >= 0.3 is 42.5 Å². The Bertz CT molecular complexity index is 287. The first kappa shape index (κ1) is 15.0. The summed E-state index contributed by atoms with van der Waals surface area (Å²) in [5, 5.41) is 26.0. The molecule has 0 atom stereocenters. The van der Waals surface area contributed by atoms with Crippen molar-refractivity contribution in [2.75, 3.05) is 0 Å². The first-order valence-electron chi connectivity index (χ1n) is 3.70. The van der Waals surface area contributed by atoms with E-state index in [-0.39, 0.29) is 35.0 Å². The fourth-order valence-electron chi connectivity index (χ4n) is 0.930. The molecular weight excluding hydrogens is 223 g/mol. The van der Waals surface area contributed by atoms with Crippen LogP contribution in [0.4, 0.5) is 13.2 Å². The van der Waals surface area contributed by atoms with Crippen molar-refractivity contribution in [3.63, 3.8) is 0 Å². The minimum atomic E-state index is -4.48. The van der Waals surface area contributed by atoms with Crippen LogP contribution in [0.15, 0.2) is 24.3 Å². The van der Waals surface area contributed by atoms with Gasteiger partial charge in [-0.05, 0) is 0 Å². The molecular formula is C7H7BF3NaO3. The van der Waals surface area contributed by atoms with E-state index in [9.17, 15) is 13.2 Å². The zero-order valence-corrected chi connectivity index (χ0v) is 9.86. The molecule has 1 aromatic carbocycles. The number of hydrogen-bond acceptors (Lipinski definition) is 3. The van der Waals surface area contributed by atoms with Gasteiger partial charge in [0.15, 0.2) is 0 Å². The van der Waals surface area contributed by atoms with Gasteiger partial charge in [-0.3, -0.25) is 0 Å². The van der Waals surface area contributed by atoms with Crippen molar-refractivity contribution in [1.29, 1.82) is 0 Å². The van der Waals surface area contributed by atoms with Gasteiger partial charge in [0.2, 0.25) is 0 Å². The van der Waals surface area contributed by atoms with Crippen molar-refractivity contribution in [2.24, 2.45) is 0 Å². The topological polar surface area (TPSA) is 60.7 Å². The summed E-state index contributed by atoms with van der Waals surface area (Å²) in [5.41, 5.74) is -1.28. The molecule has 0 radical (unpaired) electrons. The molecule has 3 N–H and O–H groups in total. The normalized spacial score (nSPS) is 12.1. The van der Waals surface area contributed by atoms with E-state index in [1.807, 2.05) is 0 Å². The summed E-state index contributed by atoms with van der Waals surface area (Å²) in [5.74, 6) is 0. The van der Waals surface area contributed by atoms with Gasteiger partial charge in [0.1, 0.15) is 0 Å². The smallest absolute Gasteiger partial charge is 0.556 e. The Morgan fingerprint density at radius 1 is 0.933 bits per heavy atom. The molecule has 1 aromatic rings. The molecule has 0 bridgehead atoms. The van der Waals surface area contributed by atoms with E-state index >= 15 is 0 Å². The molecule has 0 aliphatic heterocycles. The first-order valence-corrected chi connectivity index (χ1v) is 3.70. The number of halogens is 3. The van der Waals surface area contributed by atoms with Gasteiger partial charge in [-0.1, -0.05) is 24.3 Å². The van der Waals surface area contributed by atoms with Crippen molar-refractivity contribution in [2.45, 2.75) is 6.18 Å². The van der Waals surface area contributed by atoms with Gasteiger partial charge in [0.25, 0.3) is 0 Å². The van der Waals surface area contributed by atoms with Crippen molar-refractivity contribution in [3.05, 3.63) is 29.8 Å². The van der Waals surface area contributed by atoms with Crippen molar-refractivity contribution >= 4 is 12.2 Å². The predicted molar refractivity (Wildman–Crippen MR) is 43.5 cm³/mol. The Hall–Kier alpha value is -0.0451. The quantitative estimate of drug-likeness (QED) is 0.446. The molecule has 0 aromatic heterocycles. The van der Waals surface area contributed by atoms with Crippen LogP contribution < -0.4 is 35.0 Å². The summed E-state index contributed by atoms with van der Waals surface area (Å²) >= 11 is 0. The van der Waals surface area contributed by atoms with Crippen LogP contribution in [0.3, 0.4) is 0 Å². The molecule has 3 nitrogen and oxygen atoms in total. The van der Waals surface area contributed by atoms with Gasteiger partial charge < -0.3 is 15.1 Å². The number of alkyl halides is 3. The van der Waals surface area contributed by atoms with Crippen molar-refractivity contribution in [1.82, 2.24) is 0 Å². The molecule has 0 unspecified atom stereocenters. The number of hydrogen-bond donors (Lipinski definition) is 3. The molecule has 0 heterocycles. The Kier molecular flexibility index (Phi) is 4.84. The van der Waals surface area contributed by atoms with E-state index in [1.165, 1.54) is 0 Å². The largest absolute Gasteiger partial charge is 1.00 e. The van der Waals surface area contributed by atoms with Crippen LogP contribution in [0.1, 0.15) is 5.56 Å². The predicted octanol–water partition coefficient (Wildman–Crippen LogP) is -3.17. The Labute approximate surface area is 106 Å². The number of rotatable bonds is 1. The second-order valence-corrected chi connectivity index (χ2v) is 2.85.